The van der Waals surface area contributed by atoms with Gasteiger partial charge in [-0.25, -0.2) is 4.99 Å². The highest BCUT2D eigenvalue weighted by Crippen LogP contribution is 2.20. The molecule has 200 valence electrons. The van der Waals surface area contributed by atoms with Crippen LogP contribution in [-0.2, 0) is 14.3 Å². The van der Waals surface area contributed by atoms with E-state index in [9.17, 15) is 9.59 Å². The van der Waals surface area contributed by atoms with Crippen molar-refractivity contribution in [2.45, 2.75) is 58.9 Å². The first-order chi connectivity index (χ1) is 17.4. The van der Waals surface area contributed by atoms with E-state index in [1.807, 2.05) is 6.08 Å². The number of carbonyl (C=O) groups excluding carboxylic acids is 2. The van der Waals surface area contributed by atoms with Gasteiger partial charge in [0.1, 0.15) is 0 Å². The maximum absolute atomic E-state index is 13.0. The van der Waals surface area contributed by atoms with Gasteiger partial charge in [-0.2, -0.15) is 0 Å². The van der Waals surface area contributed by atoms with Gasteiger partial charge in [-0.05, 0) is 44.3 Å². The molecule has 0 radical (unpaired) electrons. The molecule has 7 nitrogen and oxygen atoms in total. The molecule has 2 rings (SSSR count). The van der Waals surface area contributed by atoms with Crippen molar-refractivity contribution in [2.75, 3.05) is 45.1 Å². The van der Waals surface area contributed by atoms with Crippen LogP contribution in [0.4, 0.5) is 0 Å². The van der Waals surface area contributed by atoms with Gasteiger partial charge in [-0.15, -0.1) is 11.8 Å². The van der Waals surface area contributed by atoms with E-state index in [2.05, 4.69) is 66.6 Å². The van der Waals surface area contributed by atoms with E-state index in [4.69, 9.17) is 4.74 Å². The smallest absolute Gasteiger partial charge is 0.247 e. The fraction of sp³-hybridized carbons (Fsp3) is 0.607. The molecular weight excluding hydrogens is 472 g/mol. The highest BCUT2D eigenvalue weighted by molar-refractivity contribution is 8.14. The van der Waals surface area contributed by atoms with Crippen LogP contribution in [0.5, 0.6) is 0 Å². The summed E-state index contributed by atoms with van der Waals surface area (Å²) in [5, 5.41) is 7.11. The Morgan fingerprint density at radius 1 is 1.22 bits per heavy atom. The lowest BCUT2D eigenvalue weighted by Gasteiger charge is -2.31. The Morgan fingerprint density at radius 2 is 1.94 bits per heavy atom. The van der Waals surface area contributed by atoms with E-state index in [0.29, 0.717) is 50.4 Å². The summed E-state index contributed by atoms with van der Waals surface area (Å²) >= 11 is 1.65. The molecule has 0 spiro atoms. The number of hydrogen-bond donors (Lipinski definition) is 2. The molecule has 0 aromatic carbocycles. The molecule has 1 atom stereocenters. The molecule has 2 heterocycles. The van der Waals surface area contributed by atoms with Crippen LogP contribution in [0.1, 0.15) is 52.9 Å². The van der Waals surface area contributed by atoms with Crippen molar-refractivity contribution in [3.8, 4) is 0 Å². The lowest BCUT2D eigenvalue weighted by Crippen LogP contribution is -2.49. The van der Waals surface area contributed by atoms with Crippen LogP contribution in [0.15, 0.2) is 53.2 Å². The summed E-state index contributed by atoms with van der Waals surface area (Å²) in [6, 6.07) is -0.144. The number of likely N-dealkylation sites (N-methyl/N-ethyl adjacent to an activating group) is 1. The lowest BCUT2D eigenvalue weighted by atomic mass is 9.91. The van der Waals surface area contributed by atoms with Crippen LogP contribution in [0, 0.1) is 5.92 Å². The van der Waals surface area contributed by atoms with Crippen LogP contribution in [0.3, 0.4) is 0 Å². The number of aliphatic imine (C=N–C) groups is 1. The van der Waals surface area contributed by atoms with Gasteiger partial charge in [0.25, 0.3) is 0 Å². The molecule has 0 aromatic heterocycles. The number of nitrogens with zero attached hydrogens (tertiary/aromatic N) is 2. The highest BCUT2D eigenvalue weighted by atomic mass is 32.2. The van der Waals surface area contributed by atoms with Crippen molar-refractivity contribution >= 4 is 28.6 Å². The Bertz CT molecular complexity index is 855. The second-order valence-electron chi connectivity index (χ2n) is 9.17. The van der Waals surface area contributed by atoms with Crippen LogP contribution in [0.2, 0.25) is 0 Å². The monoisotopic (exact) mass is 516 g/mol. The molecule has 0 saturated carbocycles. The number of carbonyl (C=O) groups is 2. The molecule has 1 unspecified atom stereocenters. The Hall–Kier alpha value is -2.16. The largest absolute Gasteiger partial charge is 0.381 e. The Labute approximate surface area is 221 Å². The van der Waals surface area contributed by atoms with Gasteiger partial charge in [0.15, 0.2) is 0 Å². The number of allylic oxidation sites excluding steroid dienone is 3. The normalized spacial score (nSPS) is 20.3. The van der Waals surface area contributed by atoms with Gasteiger partial charge in [0.05, 0.1) is 10.7 Å². The first-order valence-electron chi connectivity index (χ1n) is 13.2. The van der Waals surface area contributed by atoms with E-state index in [1.54, 1.807) is 11.8 Å². The van der Waals surface area contributed by atoms with Crippen molar-refractivity contribution in [1.82, 2.24) is 15.5 Å². The van der Waals surface area contributed by atoms with E-state index in [1.165, 1.54) is 5.57 Å². The van der Waals surface area contributed by atoms with Gasteiger partial charge in [0, 0.05) is 56.5 Å². The standard InChI is InChI=1S/C28H44N4O3S/c1-6-23-10-9-22(5)30-27(36-18-15-23)12-11-26(33)31-25(24-13-16-35-17-14-24)19-29-28(34)21(4)20-32(7-2)8-3/h9-10,15,24-25H,4-8,11-14,16-20H2,1-3H3,(H,29,34)(H,31,33)/b10-9-,23-15-,30-27?. The molecule has 1 saturated heterocycles. The first-order valence-corrected chi connectivity index (χ1v) is 14.2. The molecule has 36 heavy (non-hydrogen) atoms. The molecular formula is C28H44N4O3S. The van der Waals surface area contributed by atoms with Gasteiger partial charge < -0.3 is 15.4 Å². The highest BCUT2D eigenvalue weighted by Gasteiger charge is 2.26. The van der Waals surface area contributed by atoms with Crippen molar-refractivity contribution in [3.63, 3.8) is 0 Å². The number of nitrogens with one attached hydrogen (secondary N) is 2. The number of amides is 2. The molecule has 2 amide bonds. The third kappa shape index (κ3) is 10.8. The summed E-state index contributed by atoms with van der Waals surface area (Å²) in [6.07, 6.45) is 9.79. The average molecular weight is 517 g/mol. The van der Waals surface area contributed by atoms with Crippen molar-refractivity contribution in [2.24, 2.45) is 10.9 Å². The van der Waals surface area contributed by atoms with Crippen LogP contribution in [0.25, 0.3) is 0 Å². The summed E-state index contributed by atoms with van der Waals surface area (Å²) < 4.78 is 5.52. The van der Waals surface area contributed by atoms with Crippen molar-refractivity contribution < 1.29 is 14.3 Å². The summed E-state index contributed by atoms with van der Waals surface area (Å²) in [5.41, 5.74) is 2.51. The summed E-state index contributed by atoms with van der Waals surface area (Å²) in [6.45, 7) is 18.3. The molecule has 0 aromatic rings. The second kappa shape index (κ2) is 16.6. The predicted molar refractivity (Wildman–Crippen MR) is 151 cm³/mol. The Morgan fingerprint density at radius 3 is 2.61 bits per heavy atom. The molecule has 1 fully saturated rings. The van der Waals surface area contributed by atoms with Gasteiger partial charge in [-0.1, -0.05) is 51.7 Å². The second-order valence-corrected chi connectivity index (χ2v) is 10.3. The predicted octanol–water partition coefficient (Wildman–Crippen LogP) is 4.24. The minimum Gasteiger partial charge on any atom is -0.381 e. The third-order valence-corrected chi connectivity index (χ3v) is 7.58. The lowest BCUT2D eigenvalue weighted by molar-refractivity contribution is -0.123. The fourth-order valence-corrected chi connectivity index (χ4v) is 5.12. The van der Waals surface area contributed by atoms with Gasteiger partial charge in [0.2, 0.25) is 11.8 Å². The van der Waals surface area contributed by atoms with E-state index >= 15 is 0 Å². The summed E-state index contributed by atoms with van der Waals surface area (Å²) in [4.78, 5) is 32.4. The quantitative estimate of drug-likeness (QED) is 0.358. The molecule has 2 aliphatic heterocycles. The summed E-state index contributed by atoms with van der Waals surface area (Å²) in [7, 11) is 0. The van der Waals surface area contributed by atoms with E-state index < -0.39 is 0 Å². The molecule has 2 N–H and O–H groups in total. The topological polar surface area (TPSA) is 83.0 Å². The maximum Gasteiger partial charge on any atom is 0.247 e. The van der Waals surface area contributed by atoms with Gasteiger partial charge >= 0.3 is 0 Å². The average Bonchev–Trinajstić information content (AvgIpc) is 2.98. The van der Waals surface area contributed by atoms with Crippen LogP contribution < -0.4 is 10.6 Å². The number of ether oxygens (including phenoxy) is 1. The van der Waals surface area contributed by atoms with Crippen molar-refractivity contribution in [1.29, 1.82) is 0 Å². The van der Waals surface area contributed by atoms with Crippen LogP contribution >= 0.6 is 11.8 Å². The molecule has 2 aliphatic rings. The molecule has 0 aliphatic carbocycles. The number of thioether (sulfide) groups is 1. The Balaban J connectivity index is 1.93. The van der Waals surface area contributed by atoms with Crippen LogP contribution in [-0.4, -0.2) is 72.9 Å². The minimum atomic E-state index is -0.157. The van der Waals surface area contributed by atoms with E-state index in [-0.39, 0.29) is 23.8 Å². The molecule has 8 heteroatoms. The molecule has 0 bridgehead atoms. The zero-order valence-corrected chi connectivity index (χ0v) is 23.1. The zero-order valence-electron chi connectivity index (χ0n) is 22.3. The van der Waals surface area contributed by atoms with Gasteiger partial charge in [-0.3, -0.25) is 14.5 Å². The fourth-order valence-electron chi connectivity index (χ4n) is 4.21. The first kappa shape index (κ1) is 30.1. The zero-order chi connectivity index (χ0) is 26.3. The SMILES string of the molecule is C=C1/C=C\C(CC)=C/CSC(CCC(=O)NC(CNC(=O)C(=C)CN(CC)CC)C2CCOCC2)=N1. The Kier molecular flexibility index (Phi) is 13.8. The van der Waals surface area contributed by atoms with Crippen molar-refractivity contribution in [3.05, 3.63) is 48.2 Å². The number of hydrogen-bond acceptors (Lipinski definition) is 6. The minimum absolute atomic E-state index is 0.0307. The summed E-state index contributed by atoms with van der Waals surface area (Å²) in [5.74, 6) is 0.903. The number of rotatable bonds is 13. The third-order valence-electron chi connectivity index (χ3n) is 6.62. The maximum atomic E-state index is 13.0. The van der Waals surface area contributed by atoms with E-state index in [0.717, 1.165) is 43.1 Å².